The largest absolute Gasteiger partial charge is 0.490 e. The molecule has 0 aliphatic rings. The molecule has 2 rings (SSSR count). The van der Waals surface area contributed by atoms with Crippen LogP contribution in [-0.4, -0.2) is 28.2 Å². The summed E-state index contributed by atoms with van der Waals surface area (Å²) < 4.78 is 4.91. The third-order valence-corrected chi connectivity index (χ3v) is 2.65. The first-order chi connectivity index (χ1) is 10.5. The van der Waals surface area contributed by atoms with Gasteiger partial charge in [0.1, 0.15) is 0 Å². The van der Waals surface area contributed by atoms with Crippen molar-refractivity contribution in [1.29, 1.82) is 0 Å². The molecule has 0 atom stereocenters. The second-order valence-electron chi connectivity index (χ2n) is 4.29. The lowest BCUT2D eigenvalue weighted by Gasteiger charge is -2.02. The average Bonchev–Trinajstić information content (AvgIpc) is 2.46. The van der Waals surface area contributed by atoms with E-state index in [-0.39, 0.29) is 22.9 Å². The van der Waals surface area contributed by atoms with E-state index in [1.165, 1.54) is 31.5 Å². The van der Waals surface area contributed by atoms with E-state index in [1.54, 1.807) is 13.0 Å². The topological polar surface area (TPSA) is 123 Å². The first kappa shape index (κ1) is 15.2. The molecule has 2 aromatic rings. The molecule has 0 amide bonds. The van der Waals surface area contributed by atoms with Crippen LogP contribution in [0.5, 0.6) is 5.75 Å². The molecule has 2 N–H and O–H groups in total. The number of aromatic amines is 1. The second-order valence-corrected chi connectivity index (χ2v) is 4.29. The molecule has 0 fully saturated rings. The second kappa shape index (κ2) is 6.48. The molecule has 0 bridgehead atoms. The Kier molecular flexibility index (Phi) is 4.47. The fourth-order valence-electron chi connectivity index (χ4n) is 1.73. The van der Waals surface area contributed by atoms with Crippen LogP contribution in [0.3, 0.4) is 0 Å². The lowest BCUT2D eigenvalue weighted by molar-refractivity contribution is -0.385. The molecule has 0 spiro atoms. The summed E-state index contributed by atoms with van der Waals surface area (Å²) in [6.45, 7) is 1.68. The Morgan fingerprint density at radius 3 is 2.86 bits per heavy atom. The van der Waals surface area contributed by atoms with Gasteiger partial charge in [-0.25, -0.2) is 10.4 Å². The number of methoxy groups -OCH3 is 1. The smallest absolute Gasteiger partial charge is 0.311 e. The number of rotatable bonds is 5. The maximum atomic E-state index is 11.3. The summed E-state index contributed by atoms with van der Waals surface area (Å²) in [4.78, 5) is 28.1. The Labute approximate surface area is 124 Å². The normalized spacial score (nSPS) is 10.6. The molecule has 114 valence electrons. The zero-order valence-electron chi connectivity index (χ0n) is 11.9. The van der Waals surface area contributed by atoms with Crippen molar-refractivity contribution >= 4 is 17.9 Å². The minimum atomic E-state index is -0.538. The highest BCUT2D eigenvalue weighted by Gasteiger charge is 2.14. The molecular weight excluding hydrogens is 290 g/mol. The molecule has 9 nitrogen and oxygen atoms in total. The predicted octanol–water partition coefficient (Wildman–Crippen LogP) is 1.44. The van der Waals surface area contributed by atoms with Crippen molar-refractivity contribution in [3.8, 4) is 5.75 Å². The van der Waals surface area contributed by atoms with Gasteiger partial charge in [-0.05, 0) is 19.1 Å². The summed E-state index contributed by atoms with van der Waals surface area (Å²) >= 11 is 0. The first-order valence-corrected chi connectivity index (χ1v) is 6.19. The Bertz CT molecular complexity index is 784. The molecule has 1 aromatic carbocycles. The van der Waals surface area contributed by atoms with Crippen molar-refractivity contribution in [2.75, 3.05) is 12.5 Å². The Morgan fingerprint density at radius 1 is 1.45 bits per heavy atom. The Morgan fingerprint density at radius 2 is 2.23 bits per heavy atom. The summed E-state index contributed by atoms with van der Waals surface area (Å²) in [7, 11) is 1.36. The minimum absolute atomic E-state index is 0.159. The van der Waals surface area contributed by atoms with Crippen molar-refractivity contribution in [3.05, 3.63) is 56.0 Å². The van der Waals surface area contributed by atoms with E-state index in [0.29, 0.717) is 11.3 Å². The molecular formula is C13H13N5O4. The summed E-state index contributed by atoms with van der Waals surface area (Å²) in [6, 6.07) is 5.77. The SMILES string of the molecule is COc1ccc(C=NNc2nc(C)cc(=O)[nH]2)cc1[N+](=O)[O-]. The van der Waals surface area contributed by atoms with Gasteiger partial charge in [0.25, 0.3) is 5.56 Å². The standard InChI is InChI=1S/C13H13N5O4/c1-8-5-12(19)16-13(15-8)17-14-7-9-3-4-11(22-2)10(6-9)18(20)21/h3-7H,1-2H3,(H2,15,16,17,19). The molecule has 0 saturated carbocycles. The lowest BCUT2D eigenvalue weighted by Crippen LogP contribution is -2.10. The first-order valence-electron chi connectivity index (χ1n) is 6.19. The van der Waals surface area contributed by atoms with Crippen LogP contribution in [0.1, 0.15) is 11.3 Å². The van der Waals surface area contributed by atoms with E-state index < -0.39 is 4.92 Å². The predicted molar refractivity (Wildman–Crippen MR) is 80.5 cm³/mol. The molecule has 0 saturated heterocycles. The van der Waals surface area contributed by atoms with Gasteiger partial charge in [0, 0.05) is 23.4 Å². The van der Waals surface area contributed by atoms with Crippen LogP contribution in [0.25, 0.3) is 0 Å². The monoisotopic (exact) mass is 303 g/mol. The highest BCUT2D eigenvalue weighted by molar-refractivity contribution is 5.82. The molecule has 0 radical (unpaired) electrons. The van der Waals surface area contributed by atoms with Crippen molar-refractivity contribution in [2.45, 2.75) is 6.92 Å². The maximum absolute atomic E-state index is 11.3. The van der Waals surface area contributed by atoms with Crippen molar-refractivity contribution in [2.24, 2.45) is 5.10 Å². The lowest BCUT2D eigenvalue weighted by atomic mass is 10.2. The van der Waals surface area contributed by atoms with Crippen LogP contribution < -0.4 is 15.7 Å². The number of aryl methyl sites for hydroxylation is 1. The third kappa shape index (κ3) is 3.66. The molecule has 0 aliphatic carbocycles. The number of nitrogens with zero attached hydrogens (tertiary/aromatic N) is 3. The fourth-order valence-corrected chi connectivity index (χ4v) is 1.73. The number of nitrogens with one attached hydrogen (secondary N) is 2. The number of hydrogen-bond donors (Lipinski definition) is 2. The summed E-state index contributed by atoms with van der Waals surface area (Å²) in [5.41, 5.74) is 3.13. The van der Waals surface area contributed by atoms with Gasteiger partial charge in [-0.2, -0.15) is 5.10 Å². The summed E-state index contributed by atoms with van der Waals surface area (Å²) in [5.74, 6) is 0.351. The summed E-state index contributed by atoms with van der Waals surface area (Å²) in [5, 5.41) is 14.8. The van der Waals surface area contributed by atoms with E-state index in [4.69, 9.17) is 4.74 Å². The fraction of sp³-hybridized carbons (Fsp3) is 0.154. The molecule has 1 heterocycles. The van der Waals surface area contributed by atoms with Crippen LogP contribution >= 0.6 is 0 Å². The Balaban J connectivity index is 2.18. The van der Waals surface area contributed by atoms with Gasteiger partial charge < -0.3 is 4.74 Å². The highest BCUT2D eigenvalue weighted by atomic mass is 16.6. The number of nitro benzene ring substituents is 1. The van der Waals surface area contributed by atoms with Crippen LogP contribution in [0.15, 0.2) is 34.2 Å². The number of aromatic nitrogens is 2. The van der Waals surface area contributed by atoms with Crippen LogP contribution in [0, 0.1) is 17.0 Å². The van der Waals surface area contributed by atoms with Gasteiger partial charge in [0.05, 0.1) is 18.2 Å². The average molecular weight is 303 g/mol. The van der Waals surface area contributed by atoms with Crippen LogP contribution in [0.2, 0.25) is 0 Å². The zero-order chi connectivity index (χ0) is 16.1. The molecule has 0 aliphatic heterocycles. The number of hydrogen-bond acceptors (Lipinski definition) is 7. The van der Waals surface area contributed by atoms with E-state index in [0.717, 1.165) is 0 Å². The van der Waals surface area contributed by atoms with Gasteiger partial charge in [0.15, 0.2) is 5.75 Å². The van der Waals surface area contributed by atoms with E-state index in [9.17, 15) is 14.9 Å². The Hall–Kier alpha value is -3.23. The van der Waals surface area contributed by atoms with E-state index in [1.807, 2.05) is 0 Å². The van der Waals surface area contributed by atoms with Gasteiger partial charge in [-0.1, -0.05) is 0 Å². The zero-order valence-corrected chi connectivity index (χ0v) is 11.9. The van der Waals surface area contributed by atoms with Gasteiger partial charge in [-0.15, -0.1) is 0 Å². The number of nitro groups is 1. The molecule has 9 heteroatoms. The van der Waals surface area contributed by atoms with Gasteiger partial charge in [0.2, 0.25) is 5.95 Å². The molecule has 22 heavy (non-hydrogen) atoms. The van der Waals surface area contributed by atoms with Crippen molar-refractivity contribution in [1.82, 2.24) is 9.97 Å². The maximum Gasteiger partial charge on any atom is 0.311 e. The van der Waals surface area contributed by atoms with Crippen LogP contribution in [-0.2, 0) is 0 Å². The molecule has 0 unspecified atom stereocenters. The van der Waals surface area contributed by atoms with Crippen LogP contribution in [0.4, 0.5) is 11.6 Å². The number of benzene rings is 1. The third-order valence-electron chi connectivity index (χ3n) is 2.65. The minimum Gasteiger partial charge on any atom is -0.490 e. The van der Waals surface area contributed by atoms with E-state index >= 15 is 0 Å². The number of H-pyrrole nitrogens is 1. The number of hydrazone groups is 1. The number of ether oxygens (including phenoxy) is 1. The van der Waals surface area contributed by atoms with Gasteiger partial charge >= 0.3 is 5.69 Å². The summed E-state index contributed by atoms with van der Waals surface area (Å²) in [6.07, 6.45) is 1.37. The van der Waals surface area contributed by atoms with E-state index in [2.05, 4.69) is 20.5 Å². The van der Waals surface area contributed by atoms with Crippen molar-refractivity contribution < 1.29 is 9.66 Å². The quantitative estimate of drug-likeness (QED) is 0.489. The highest BCUT2D eigenvalue weighted by Crippen LogP contribution is 2.26. The number of anilines is 1. The van der Waals surface area contributed by atoms with Gasteiger partial charge in [-0.3, -0.25) is 19.9 Å². The van der Waals surface area contributed by atoms with Crippen molar-refractivity contribution in [3.63, 3.8) is 0 Å². The molecule has 1 aromatic heterocycles.